The molecule has 0 bridgehead atoms. The van der Waals surface area contributed by atoms with Gasteiger partial charge in [-0.25, -0.2) is 4.98 Å². The molecular weight excluding hydrogens is 390 g/mol. The van der Waals surface area contributed by atoms with Crippen LogP contribution < -0.4 is 10.1 Å². The number of hydrogen-bond donors (Lipinski definition) is 2. The lowest BCUT2D eigenvalue weighted by Gasteiger charge is -2.12. The van der Waals surface area contributed by atoms with Gasteiger partial charge in [0.2, 0.25) is 0 Å². The first-order valence-corrected chi connectivity index (χ1v) is 9.46. The molecule has 0 radical (unpaired) electrons. The smallest absolute Gasteiger partial charge is 0.300 e. The molecule has 0 aliphatic rings. The summed E-state index contributed by atoms with van der Waals surface area (Å²) < 4.78 is 11.1. The predicted molar refractivity (Wildman–Crippen MR) is 113 cm³/mol. The zero-order valence-electron chi connectivity index (χ0n) is 15.9. The van der Waals surface area contributed by atoms with E-state index in [0.717, 1.165) is 5.56 Å². The molecule has 148 valence electrons. The number of amides is 1. The van der Waals surface area contributed by atoms with Crippen molar-refractivity contribution in [2.45, 2.75) is 6.92 Å². The molecule has 0 fully saturated rings. The fraction of sp³-hybridized carbons (Fsp3) is 0.182. The summed E-state index contributed by atoms with van der Waals surface area (Å²) in [6.07, 6.45) is 3.40. The number of nitrogens with one attached hydrogen (secondary N) is 2. The second-order valence-corrected chi connectivity index (χ2v) is 6.34. The van der Waals surface area contributed by atoms with Crippen molar-refractivity contribution < 1.29 is 14.3 Å². The molecule has 0 saturated carbocycles. The fourth-order valence-electron chi connectivity index (χ4n) is 2.49. The normalized spacial score (nSPS) is 10.1. The largest absolute Gasteiger partial charge is 0.489 e. The van der Waals surface area contributed by atoms with Gasteiger partial charge in [-0.05, 0) is 49.4 Å². The van der Waals surface area contributed by atoms with Gasteiger partial charge in [0.05, 0.1) is 12.3 Å². The highest BCUT2D eigenvalue weighted by atomic mass is 35.5. The molecule has 7 heteroatoms. The van der Waals surface area contributed by atoms with Crippen LogP contribution in [0.4, 0.5) is 5.69 Å². The van der Waals surface area contributed by atoms with Gasteiger partial charge < -0.3 is 19.8 Å². The van der Waals surface area contributed by atoms with Crippen LogP contribution in [0.3, 0.4) is 0 Å². The van der Waals surface area contributed by atoms with Crippen molar-refractivity contribution in [3.8, 4) is 29.0 Å². The van der Waals surface area contributed by atoms with E-state index in [2.05, 4.69) is 27.1 Å². The quantitative estimate of drug-likeness (QED) is 0.454. The number of nitrogens with zero attached hydrogens (tertiary/aromatic N) is 1. The summed E-state index contributed by atoms with van der Waals surface area (Å²) >= 11 is 5.86. The minimum Gasteiger partial charge on any atom is -0.489 e. The van der Waals surface area contributed by atoms with Gasteiger partial charge in [0.1, 0.15) is 18.2 Å². The SMILES string of the molecule is CCOCCOc1ccc(-c2ncc[nH]2)cc1NC(=O)C#Cc1ccc(Cl)cc1. The molecule has 1 aromatic heterocycles. The number of rotatable bonds is 7. The Balaban J connectivity index is 1.77. The second kappa shape index (κ2) is 10.3. The maximum Gasteiger partial charge on any atom is 0.300 e. The van der Waals surface area contributed by atoms with Crippen molar-refractivity contribution in [2.75, 3.05) is 25.1 Å². The van der Waals surface area contributed by atoms with E-state index >= 15 is 0 Å². The number of aromatic nitrogens is 2. The molecular formula is C22H20ClN3O3. The van der Waals surface area contributed by atoms with Crippen molar-refractivity contribution in [1.29, 1.82) is 0 Å². The van der Waals surface area contributed by atoms with Crippen LogP contribution in [-0.2, 0) is 9.53 Å². The molecule has 0 spiro atoms. The van der Waals surface area contributed by atoms with E-state index in [9.17, 15) is 4.79 Å². The van der Waals surface area contributed by atoms with Crippen molar-refractivity contribution in [3.05, 3.63) is 65.4 Å². The molecule has 1 heterocycles. The van der Waals surface area contributed by atoms with Gasteiger partial charge in [-0.1, -0.05) is 17.5 Å². The lowest BCUT2D eigenvalue weighted by atomic mass is 10.1. The summed E-state index contributed by atoms with van der Waals surface area (Å²) in [5.74, 6) is 6.16. The second-order valence-electron chi connectivity index (χ2n) is 5.91. The third-order valence-corrected chi connectivity index (χ3v) is 4.11. The molecule has 3 rings (SSSR count). The topological polar surface area (TPSA) is 76.2 Å². The van der Waals surface area contributed by atoms with Crippen molar-refractivity contribution >= 4 is 23.2 Å². The number of halogens is 1. The van der Waals surface area contributed by atoms with Crippen LogP contribution in [0, 0.1) is 11.8 Å². The lowest BCUT2D eigenvalue weighted by Crippen LogP contribution is -2.12. The fourth-order valence-corrected chi connectivity index (χ4v) is 2.62. The van der Waals surface area contributed by atoms with Crippen LogP contribution in [0.15, 0.2) is 54.9 Å². The van der Waals surface area contributed by atoms with E-state index in [1.54, 1.807) is 48.8 Å². The van der Waals surface area contributed by atoms with E-state index < -0.39 is 5.91 Å². The zero-order valence-corrected chi connectivity index (χ0v) is 16.6. The Morgan fingerprint density at radius 1 is 1.21 bits per heavy atom. The number of carbonyl (C=O) groups is 1. The number of hydrogen-bond acceptors (Lipinski definition) is 4. The minimum absolute atomic E-state index is 0.368. The number of benzene rings is 2. The Hall–Kier alpha value is -3.27. The molecule has 6 nitrogen and oxygen atoms in total. The number of H-pyrrole nitrogens is 1. The first kappa shape index (κ1) is 20.5. The Bertz CT molecular complexity index is 1010. The number of aromatic amines is 1. The van der Waals surface area contributed by atoms with E-state index in [-0.39, 0.29) is 0 Å². The first-order valence-electron chi connectivity index (χ1n) is 9.08. The minimum atomic E-state index is -0.453. The molecule has 0 saturated heterocycles. The molecule has 0 aliphatic carbocycles. The van der Waals surface area contributed by atoms with Crippen LogP contribution >= 0.6 is 11.6 Å². The molecule has 1 amide bonds. The van der Waals surface area contributed by atoms with E-state index in [0.29, 0.717) is 47.7 Å². The summed E-state index contributed by atoms with van der Waals surface area (Å²) in [6, 6.07) is 12.4. The Morgan fingerprint density at radius 2 is 2.03 bits per heavy atom. The molecule has 29 heavy (non-hydrogen) atoms. The van der Waals surface area contributed by atoms with Crippen LogP contribution in [0.25, 0.3) is 11.4 Å². The average Bonchev–Trinajstić information content (AvgIpc) is 3.26. The number of imidazole rings is 1. The molecule has 2 N–H and O–H groups in total. The third kappa shape index (κ3) is 6.11. The summed E-state index contributed by atoms with van der Waals surface area (Å²) in [4.78, 5) is 19.6. The maximum atomic E-state index is 12.4. The Kier molecular flexibility index (Phi) is 7.28. The molecule has 2 aromatic carbocycles. The van der Waals surface area contributed by atoms with Gasteiger partial charge in [-0.3, -0.25) is 4.79 Å². The maximum absolute atomic E-state index is 12.4. The zero-order chi connectivity index (χ0) is 20.5. The van der Waals surface area contributed by atoms with Crippen molar-refractivity contribution in [2.24, 2.45) is 0 Å². The van der Waals surface area contributed by atoms with Crippen molar-refractivity contribution in [1.82, 2.24) is 9.97 Å². The van der Waals surface area contributed by atoms with Gasteiger partial charge in [-0.2, -0.15) is 0 Å². The van der Waals surface area contributed by atoms with Crippen LogP contribution in [-0.4, -0.2) is 35.7 Å². The molecule has 0 atom stereocenters. The summed E-state index contributed by atoms with van der Waals surface area (Å²) in [7, 11) is 0. The standard InChI is InChI=1S/C22H20ClN3O3/c1-2-28-13-14-29-20-9-6-17(22-24-11-12-25-22)15-19(20)26-21(27)10-5-16-3-7-18(23)8-4-16/h3-4,6-9,11-12,15H,2,13-14H2,1H3,(H,24,25)(H,26,27). The molecule has 0 aliphatic heterocycles. The predicted octanol–water partition coefficient (Wildman–Crippen LogP) is 4.14. The van der Waals surface area contributed by atoms with Gasteiger partial charge in [-0.15, -0.1) is 0 Å². The number of ether oxygens (including phenoxy) is 2. The van der Waals surface area contributed by atoms with Crippen LogP contribution in [0.1, 0.15) is 12.5 Å². The summed E-state index contributed by atoms with van der Waals surface area (Å²) in [6.45, 7) is 3.36. The summed E-state index contributed by atoms with van der Waals surface area (Å²) in [5, 5.41) is 3.40. The third-order valence-electron chi connectivity index (χ3n) is 3.85. The van der Waals surface area contributed by atoms with Gasteiger partial charge >= 0.3 is 5.91 Å². The highest BCUT2D eigenvalue weighted by Crippen LogP contribution is 2.29. The van der Waals surface area contributed by atoms with Gasteiger partial charge in [0.25, 0.3) is 0 Å². The molecule has 0 unspecified atom stereocenters. The lowest BCUT2D eigenvalue weighted by molar-refractivity contribution is -0.111. The Labute approximate surface area is 174 Å². The summed E-state index contributed by atoms with van der Waals surface area (Å²) in [5.41, 5.74) is 2.01. The van der Waals surface area contributed by atoms with Crippen molar-refractivity contribution in [3.63, 3.8) is 0 Å². The first-order chi connectivity index (χ1) is 14.2. The van der Waals surface area contributed by atoms with E-state index in [1.165, 1.54) is 0 Å². The monoisotopic (exact) mass is 409 g/mol. The Morgan fingerprint density at radius 3 is 2.76 bits per heavy atom. The van der Waals surface area contributed by atoms with Gasteiger partial charge in [0, 0.05) is 41.1 Å². The van der Waals surface area contributed by atoms with E-state index in [1.807, 2.05) is 13.0 Å². The molecule has 3 aromatic rings. The van der Waals surface area contributed by atoms with E-state index in [4.69, 9.17) is 21.1 Å². The van der Waals surface area contributed by atoms with Gasteiger partial charge in [0.15, 0.2) is 0 Å². The van der Waals surface area contributed by atoms with Crippen LogP contribution in [0.5, 0.6) is 5.75 Å². The highest BCUT2D eigenvalue weighted by molar-refractivity contribution is 6.30. The highest BCUT2D eigenvalue weighted by Gasteiger charge is 2.10. The number of carbonyl (C=O) groups excluding carboxylic acids is 1. The number of anilines is 1. The van der Waals surface area contributed by atoms with Crippen LogP contribution in [0.2, 0.25) is 5.02 Å². The average molecular weight is 410 g/mol.